The number of pyridine rings is 1. The van der Waals surface area contributed by atoms with Crippen LogP contribution in [-0.2, 0) is 0 Å². The van der Waals surface area contributed by atoms with Crippen LogP contribution in [-0.4, -0.2) is 27.4 Å². The third-order valence-electron chi connectivity index (χ3n) is 3.20. The Morgan fingerprint density at radius 1 is 1.04 bits per heavy atom. The van der Waals surface area contributed by atoms with E-state index in [2.05, 4.69) is 30.8 Å². The fourth-order valence-electron chi connectivity index (χ4n) is 2.04. The molecule has 25 heavy (non-hydrogen) atoms. The Hall–Kier alpha value is -3.32. The van der Waals surface area contributed by atoms with Crippen LogP contribution >= 0.6 is 11.6 Å². The Bertz CT molecular complexity index is 897. The molecule has 0 spiro atoms. The Kier molecular flexibility index (Phi) is 5.28. The second kappa shape index (κ2) is 7.98. The summed E-state index contributed by atoms with van der Waals surface area (Å²) >= 11 is 5.83. The van der Waals surface area contributed by atoms with Gasteiger partial charge in [0, 0.05) is 18.1 Å². The SMILES string of the molecule is N=Cc1c(N/N=C/c2ccnc(Cl)c2)ncnc1Nc1ccccc1. The molecule has 0 amide bonds. The number of nitrogens with one attached hydrogen (secondary N) is 3. The molecule has 0 aliphatic rings. The maximum absolute atomic E-state index is 7.66. The van der Waals surface area contributed by atoms with Gasteiger partial charge in [0.25, 0.3) is 0 Å². The fraction of sp³-hybridized carbons (Fsp3) is 0. The molecule has 0 saturated heterocycles. The average molecular weight is 352 g/mol. The van der Waals surface area contributed by atoms with Crippen LogP contribution in [0.1, 0.15) is 11.1 Å². The number of benzene rings is 1. The molecule has 0 bridgehead atoms. The highest BCUT2D eigenvalue weighted by atomic mass is 35.5. The van der Waals surface area contributed by atoms with E-state index < -0.39 is 0 Å². The van der Waals surface area contributed by atoms with Gasteiger partial charge in [-0.1, -0.05) is 29.8 Å². The standard InChI is InChI=1S/C17H14ClN7/c18-15-8-12(6-7-20-15)10-23-25-17-14(9-19)16(21-11-22-17)24-13-4-2-1-3-5-13/h1-11,19H,(H2,21,22,24,25)/b19-9?,23-10+. The topological polar surface area (TPSA) is 98.9 Å². The summed E-state index contributed by atoms with van der Waals surface area (Å²) in [6.45, 7) is 0. The number of anilines is 3. The van der Waals surface area contributed by atoms with Gasteiger partial charge in [-0.2, -0.15) is 5.10 Å². The maximum Gasteiger partial charge on any atom is 0.160 e. The van der Waals surface area contributed by atoms with E-state index >= 15 is 0 Å². The van der Waals surface area contributed by atoms with Gasteiger partial charge < -0.3 is 10.7 Å². The lowest BCUT2D eigenvalue weighted by Crippen LogP contribution is -2.05. The third-order valence-corrected chi connectivity index (χ3v) is 3.41. The molecule has 3 rings (SSSR count). The van der Waals surface area contributed by atoms with Crippen molar-refractivity contribution in [2.45, 2.75) is 0 Å². The number of nitrogens with zero attached hydrogens (tertiary/aromatic N) is 4. The van der Waals surface area contributed by atoms with Crippen molar-refractivity contribution in [2.75, 3.05) is 10.7 Å². The van der Waals surface area contributed by atoms with Crippen molar-refractivity contribution in [1.29, 1.82) is 5.41 Å². The van der Waals surface area contributed by atoms with E-state index in [9.17, 15) is 0 Å². The average Bonchev–Trinajstić information content (AvgIpc) is 2.63. The molecule has 0 radical (unpaired) electrons. The second-order valence-electron chi connectivity index (χ2n) is 4.90. The zero-order valence-electron chi connectivity index (χ0n) is 13.0. The van der Waals surface area contributed by atoms with E-state index in [1.807, 2.05) is 30.3 Å². The lowest BCUT2D eigenvalue weighted by Gasteiger charge is -2.10. The van der Waals surface area contributed by atoms with Gasteiger partial charge in [-0.25, -0.2) is 15.0 Å². The largest absolute Gasteiger partial charge is 0.340 e. The van der Waals surface area contributed by atoms with Crippen molar-refractivity contribution in [2.24, 2.45) is 5.10 Å². The number of aromatic nitrogens is 3. The third kappa shape index (κ3) is 4.36. The Balaban J connectivity index is 1.79. The Labute approximate surface area is 149 Å². The van der Waals surface area contributed by atoms with Gasteiger partial charge in [-0.3, -0.25) is 5.43 Å². The molecule has 8 heteroatoms. The first kappa shape index (κ1) is 16.5. The van der Waals surface area contributed by atoms with Crippen LogP contribution in [0.5, 0.6) is 0 Å². The van der Waals surface area contributed by atoms with Gasteiger partial charge in [0.2, 0.25) is 0 Å². The predicted octanol–water partition coefficient (Wildman–Crippen LogP) is 3.71. The van der Waals surface area contributed by atoms with E-state index in [0.717, 1.165) is 11.3 Å². The molecule has 0 fully saturated rings. The summed E-state index contributed by atoms with van der Waals surface area (Å²) in [7, 11) is 0. The van der Waals surface area contributed by atoms with Crippen molar-refractivity contribution >= 4 is 41.4 Å². The fourth-order valence-corrected chi connectivity index (χ4v) is 2.23. The molecule has 3 N–H and O–H groups in total. The molecule has 0 aliphatic heterocycles. The maximum atomic E-state index is 7.66. The quantitative estimate of drug-likeness (QED) is 0.357. The second-order valence-corrected chi connectivity index (χ2v) is 5.29. The van der Waals surface area contributed by atoms with E-state index in [4.69, 9.17) is 17.0 Å². The van der Waals surface area contributed by atoms with Crippen LogP contribution < -0.4 is 10.7 Å². The number of hydrazone groups is 1. The van der Waals surface area contributed by atoms with Crippen LogP contribution in [0.4, 0.5) is 17.3 Å². The minimum absolute atomic E-state index is 0.389. The molecular formula is C17H14ClN7. The summed E-state index contributed by atoms with van der Waals surface area (Å²) in [6.07, 6.45) is 5.76. The van der Waals surface area contributed by atoms with Crippen LogP contribution in [0.2, 0.25) is 5.15 Å². The molecule has 124 valence electrons. The van der Waals surface area contributed by atoms with E-state index in [-0.39, 0.29) is 0 Å². The highest BCUT2D eigenvalue weighted by Gasteiger charge is 2.09. The smallest absolute Gasteiger partial charge is 0.160 e. The monoisotopic (exact) mass is 351 g/mol. The van der Waals surface area contributed by atoms with Gasteiger partial charge in [0.1, 0.15) is 17.3 Å². The number of hydrogen-bond donors (Lipinski definition) is 3. The molecule has 7 nitrogen and oxygen atoms in total. The van der Waals surface area contributed by atoms with Gasteiger partial charge in [-0.05, 0) is 29.8 Å². The lowest BCUT2D eigenvalue weighted by atomic mass is 10.2. The Morgan fingerprint density at radius 3 is 2.60 bits per heavy atom. The van der Waals surface area contributed by atoms with Crippen molar-refractivity contribution in [1.82, 2.24) is 15.0 Å². The predicted molar refractivity (Wildman–Crippen MR) is 100 cm³/mol. The van der Waals surface area contributed by atoms with E-state index in [1.165, 1.54) is 12.5 Å². The Morgan fingerprint density at radius 2 is 1.84 bits per heavy atom. The van der Waals surface area contributed by atoms with E-state index in [1.54, 1.807) is 24.5 Å². The molecular weight excluding hydrogens is 338 g/mol. The normalized spacial score (nSPS) is 10.6. The minimum atomic E-state index is 0.389. The molecule has 3 aromatic rings. The summed E-state index contributed by atoms with van der Waals surface area (Å²) in [5, 5.41) is 15.3. The van der Waals surface area contributed by atoms with Crippen molar-refractivity contribution < 1.29 is 0 Å². The summed E-state index contributed by atoms with van der Waals surface area (Å²) in [5.74, 6) is 0.931. The summed E-state index contributed by atoms with van der Waals surface area (Å²) in [5.41, 5.74) is 4.98. The minimum Gasteiger partial charge on any atom is -0.340 e. The highest BCUT2D eigenvalue weighted by Crippen LogP contribution is 2.21. The van der Waals surface area contributed by atoms with Gasteiger partial charge >= 0.3 is 0 Å². The summed E-state index contributed by atoms with van der Waals surface area (Å²) < 4.78 is 0. The molecule has 1 aromatic carbocycles. The van der Waals surface area contributed by atoms with Gasteiger partial charge in [-0.15, -0.1) is 0 Å². The van der Waals surface area contributed by atoms with Gasteiger partial charge in [0.15, 0.2) is 5.82 Å². The summed E-state index contributed by atoms with van der Waals surface area (Å²) in [4.78, 5) is 12.2. The molecule has 2 aromatic heterocycles. The van der Waals surface area contributed by atoms with Crippen LogP contribution in [0, 0.1) is 5.41 Å². The number of rotatable bonds is 6. The van der Waals surface area contributed by atoms with Crippen LogP contribution in [0.3, 0.4) is 0 Å². The van der Waals surface area contributed by atoms with E-state index in [0.29, 0.717) is 22.4 Å². The molecule has 0 atom stereocenters. The zero-order chi connectivity index (χ0) is 17.5. The number of para-hydroxylation sites is 1. The van der Waals surface area contributed by atoms with Crippen molar-refractivity contribution in [3.8, 4) is 0 Å². The molecule has 0 unspecified atom stereocenters. The first-order valence-electron chi connectivity index (χ1n) is 7.34. The van der Waals surface area contributed by atoms with Crippen LogP contribution in [0.15, 0.2) is 60.1 Å². The number of halogens is 1. The zero-order valence-corrected chi connectivity index (χ0v) is 13.8. The van der Waals surface area contributed by atoms with Gasteiger partial charge in [0.05, 0.1) is 11.8 Å². The number of hydrogen-bond acceptors (Lipinski definition) is 7. The van der Waals surface area contributed by atoms with Crippen LogP contribution in [0.25, 0.3) is 0 Å². The van der Waals surface area contributed by atoms with Crippen molar-refractivity contribution in [3.05, 3.63) is 71.3 Å². The molecule has 2 heterocycles. The molecule has 0 aliphatic carbocycles. The van der Waals surface area contributed by atoms with Crippen molar-refractivity contribution in [3.63, 3.8) is 0 Å². The first-order chi connectivity index (χ1) is 12.3. The summed E-state index contributed by atoms with van der Waals surface area (Å²) in [6, 6.07) is 13.0. The highest BCUT2D eigenvalue weighted by molar-refractivity contribution is 6.29. The molecule has 0 saturated carbocycles. The first-order valence-corrected chi connectivity index (χ1v) is 7.72. The lowest BCUT2D eigenvalue weighted by molar-refractivity contribution is 1.13.